The zero-order valence-corrected chi connectivity index (χ0v) is 20.9. The molecule has 4 rings (SSSR count). The summed E-state index contributed by atoms with van der Waals surface area (Å²) in [5.41, 5.74) is 4.33. The smallest absolute Gasteiger partial charge is 0.336 e. The molecule has 1 aromatic heterocycles. The number of hydrogen-bond acceptors (Lipinski definition) is 4. The largest absolute Gasteiger partial charge is 0.385 e. The average molecular weight is 486 g/mol. The van der Waals surface area contributed by atoms with Crippen LogP contribution in [-0.2, 0) is 22.5 Å². The van der Waals surface area contributed by atoms with E-state index in [0.29, 0.717) is 36.3 Å². The molecule has 7 heteroatoms. The van der Waals surface area contributed by atoms with E-state index in [4.69, 9.17) is 4.74 Å². The number of amides is 1. The Morgan fingerprint density at radius 3 is 2.47 bits per heavy atom. The highest BCUT2D eigenvalue weighted by Gasteiger charge is 2.15. The summed E-state index contributed by atoms with van der Waals surface area (Å²) in [7, 11) is 1.63. The lowest BCUT2D eigenvalue weighted by atomic mass is 10.1. The molecule has 0 aliphatic carbocycles. The Hall–Kier alpha value is -3.97. The van der Waals surface area contributed by atoms with Crippen molar-refractivity contribution in [3.8, 4) is 5.69 Å². The van der Waals surface area contributed by atoms with E-state index in [2.05, 4.69) is 11.4 Å². The van der Waals surface area contributed by atoms with E-state index in [0.717, 1.165) is 28.7 Å². The van der Waals surface area contributed by atoms with E-state index in [1.54, 1.807) is 48.1 Å². The standard InChI is InChI=1S/C29H31N3O4/c1-20-9-10-21(2)23(17-20)19-31-26-8-5-4-7-25(26)28(34)32(29(31)35)24-13-11-22(12-14-24)18-27(33)30-15-6-16-36-3/h4-5,7-14,17H,6,15-16,18-19H2,1-3H3,(H,30,33). The molecular weight excluding hydrogens is 454 g/mol. The van der Waals surface area contributed by atoms with Crippen LogP contribution < -0.4 is 16.6 Å². The van der Waals surface area contributed by atoms with Gasteiger partial charge in [0.2, 0.25) is 5.91 Å². The SMILES string of the molecule is COCCCNC(=O)Cc1ccc(-n2c(=O)c3ccccc3n(Cc3cc(C)ccc3C)c2=O)cc1. The Labute approximate surface area is 210 Å². The number of rotatable bonds is 9. The maximum absolute atomic E-state index is 13.7. The lowest BCUT2D eigenvalue weighted by Gasteiger charge is -2.16. The Kier molecular flexibility index (Phi) is 7.80. The van der Waals surface area contributed by atoms with Crippen molar-refractivity contribution >= 4 is 16.8 Å². The third kappa shape index (κ3) is 5.47. The minimum Gasteiger partial charge on any atom is -0.385 e. The molecule has 3 aromatic carbocycles. The molecule has 36 heavy (non-hydrogen) atoms. The first-order chi connectivity index (χ1) is 17.4. The fraction of sp³-hybridized carbons (Fsp3) is 0.276. The molecule has 4 aromatic rings. The van der Waals surface area contributed by atoms with Gasteiger partial charge in [-0.2, -0.15) is 0 Å². The van der Waals surface area contributed by atoms with E-state index in [1.807, 2.05) is 38.1 Å². The van der Waals surface area contributed by atoms with Crippen LogP contribution in [0.3, 0.4) is 0 Å². The van der Waals surface area contributed by atoms with E-state index >= 15 is 0 Å². The quantitative estimate of drug-likeness (QED) is 0.368. The Bertz CT molecular complexity index is 1500. The second-order valence-corrected chi connectivity index (χ2v) is 9.00. The lowest BCUT2D eigenvalue weighted by molar-refractivity contribution is -0.120. The number of carbonyl (C=O) groups excluding carboxylic acids is 1. The first kappa shape index (κ1) is 25.1. The van der Waals surface area contributed by atoms with Gasteiger partial charge in [-0.05, 0) is 61.2 Å². The van der Waals surface area contributed by atoms with Crippen LogP contribution in [-0.4, -0.2) is 35.3 Å². The molecule has 0 radical (unpaired) electrons. The van der Waals surface area contributed by atoms with Crippen LogP contribution >= 0.6 is 0 Å². The summed E-state index contributed by atoms with van der Waals surface area (Å²) >= 11 is 0. The number of nitrogens with one attached hydrogen (secondary N) is 1. The molecule has 1 N–H and O–H groups in total. The maximum Gasteiger partial charge on any atom is 0.336 e. The highest BCUT2D eigenvalue weighted by molar-refractivity contribution is 5.79. The number of aromatic nitrogens is 2. The number of nitrogens with zero attached hydrogens (tertiary/aromatic N) is 2. The number of aryl methyl sites for hydroxylation is 2. The van der Waals surface area contributed by atoms with Crippen molar-refractivity contribution in [2.45, 2.75) is 33.2 Å². The summed E-state index contributed by atoms with van der Waals surface area (Å²) in [6, 6.07) is 20.3. The first-order valence-corrected chi connectivity index (χ1v) is 12.0. The molecule has 1 amide bonds. The number of ether oxygens (including phenoxy) is 1. The zero-order valence-electron chi connectivity index (χ0n) is 20.9. The first-order valence-electron chi connectivity index (χ1n) is 12.0. The van der Waals surface area contributed by atoms with E-state index < -0.39 is 5.69 Å². The Morgan fingerprint density at radius 1 is 0.972 bits per heavy atom. The van der Waals surface area contributed by atoms with Crippen LogP contribution in [0, 0.1) is 13.8 Å². The second-order valence-electron chi connectivity index (χ2n) is 9.00. The zero-order chi connectivity index (χ0) is 25.7. The van der Waals surface area contributed by atoms with E-state index in [-0.39, 0.29) is 17.9 Å². The maximum atomic E-state index is 13.7. The van der Waals surface area contributed by atoms with Gasteiger partial charge in [-0.25, -0.2) is 9.36 Å². The highest BCUT2D eigenvalue weighted by Crippen LogP contribution is 2.16. The average Bonchev–Trinajstić information content (AvgIpc) is 2.87. The molecule has 0 unspecified atom stereocenters. The molecule has 0 aliphatic rings. The fourth-order valence-electron chi connectivity index (χ4n) is 4.30. The minimum absolute atomic E-state index is 0.0856. The normalized spacial score (nSPS) is 11.1. The van der Waals surface area contributed by atoms with Gasteiger partial charge in [-0.15, -0.1) is 0 Å². The van der Waals surface area contributed by atoms with E-state index in [1.165, 1.54) is 4.57 Å². The molecule has 0 atom stereocenters. The molecule has 0 bridgehead atoms. The van der Waals surface area contributed by atoms with Crippen molar-refractivity contribution in [2.24, 2.45) is 0 Å². The number of para-hydroxylation sites is 1. The van der Waals surface area contributed by atoms with Gasteiger partial charge >= 0.3 is 5.69 Å². The summed E-state index contributed by atoms with van der Waals surface area (Å²) in [4.78, 5) is 39.3. The number of hydrogen-bond donors (Lipinski definition) is 1. The second kappa shape index (κ2) is 11.2. The van der Waals surface area contributed by atoms with Crippen molar-refractivity contribution in [1.82, 2.24) is 14.5 Å². The molecule has 0 fully saturated rings. The van der Waals surface area contributed by atoms with E-state index in [9.17, 15) is 14.4 Å². The molecule has 0 saturated heterocycles. The predicted octanol–water partition coefficient (Wildman–Crippen LogP) is 3.51. The van der Waals surface area contributed by atoms with Gasteiger partial charge in [-0.3, -0.25) is 14.2 Å². The van der Waals surface area contributed by atoms with Crippen LogP contribution in [0.5, 0.6) is 0 Å². The van der Waals surface area contributed by atoms with Gasteiger partial charge in [0.05, 0.1) is 29.6 Å². The number of carbonyl (C=O) groups is 1. The molecular formula is C29H31N3O4. The van der Waals surface area contributed by atoms with Crippen LogP contribution in [0.2, 0.25) is 0 Å². The summed E-state index contributed by atoms with van der Waals surface area (Å²) in [6.07, 6.45) is 0.969. The predicted molar refractivity (Wildman–Crippen MR) is 142 cm³/mol. The third-order valence-corrected chi connectivity index (χ3v) is 6.29. The number of methoxy groups -OCH3 is 1. The van der Waals surface area contributed by atoms with Gasteiger partial charge in [0.1, 0.15) is 0 Å². The Morgan fingerprint density at radius 2 is 1.72 bits per heavy atom. The van der Waals surface area contributed by atoms with Crippen molar-refractivity contribution in [3.63, 3.8) is 0 Å². The molecule has 186 valence electrons. The molecule has 0 spiro atoms. The summed E-state index contributed by atoms with van der Waals surface area (Å²) in [5, 5.41) is 3.34. The van der Waals surface area contributed by atoms with Crippen LogP contribution in [0.15, 0.2) is 76.3 Å². The van der Waals surface area contributed by atoms with Gasteiger partial charge < -0.3 is 10.1 Å². The van der Waals surface area contributed by atoms with Crippen LogP contribution in [0.4, 0.5) is 0 Å². The lowest BCUT2D eigenvalue weighted by Crippen LogP contribution is -2.39. The van der Waals surface area contributed by atoms with Gasteiger partial charge in [0, 0.05) is 20.3 Å². The number of fused-ring (bicyclic) bond motifs is 1. The van der Waals surface area contributed by atoms with Crippen molar-refractivity contribution in [1.29, 1.82) is 0 Å². The van der Waals surface area contributed by atoms with Gasteiger partial charge in [0.25, 0.3) is 5.56 Å². The molecule has 7 nitrogen and oxygen atoms in total. The monoisotopic (exact) mass is 485 g/mol. The minimum atomic E-state index is -0.400. The summed E-state index contributed by atoms with van der Waals surface area (Å²) in [6.45, 7) is 5.54. The summed E-state index contributed by atoms with van der Waals surface area (Å²) in [5.74, 6) is -0.0856. The van der Waals surface area contributed by atoms with Crippen LogP contribution in [0.25, 0.3) is 16.6 Å². The van der Waals surface area contributed by atoms with Crippen molar-refractivity contribution < 1.29 is 9.53 Å². The summed E-state index contributed by atoms with van der Waals surface area (Å²) < 4.78 is 7.85. The molecule has 0 saturated carbocycles. The highest BCUT2D eigenvalue weighted by atomic mass is 16.5. The Balaban J connectivity index is 1.69. The van der Waals surface area contributed by atoms with Gasteiger partial charge in [-0.1, -0.05) is 48.0 Å². The number of benzene rings is 3. The van der Waals surface area contributed by atoms with Crippen molar-refractivity contribution in [2.75, 3.05) is 20.3 Å². The fourth-order valence-corrected chi connectivity index (χ4v) is 4.30. The third-order valence-electron chi connectivity index (χ3n) is 6.29. The topological polar surface area (TPSA) is 82.3 Å². The molecule has 0 aliphatic heterocycles. The molecule has 1 heterocycles. The van der Waals surface area contributed by atoms with Crippen LogP contribution in [0.1, 0.15) is 28.7 Å². The van der Waals surface area contributed by atoms with Gasteiger partial charge in [0.15, 0.2) is 0 Å². The van der Waals surface area contributed by atoms with Crippen molar-refractivity contribution in [3.05, 3.63) is 110 Å².